The molecule has 0 aliphatic heterocycles. The number of hydrogen-bond acceptors (Lipinski definition) is 4. The van der Waals surface area contributed by atoms with Crippen molar-refractivity contribution in [1.29, 1.82) is 0 Å². The van der Waals surface area contributed by atoms with Gasteiger partial charge in [-0.25, -0.2) is 13.1 Å². The Balaban J connectivity index is 2.03. The van der Waals surface area contributed by atoms with Gasteiger partial charge in [-0.05, 0) is 43.2 Å². The van der Waals surface area contributed by atoms with Gasteiger partial charge in [0.05, 0.1) is 12.1 Å². The topological polar surface area (TPSA) is 64.6 Å². The second-order valence-electron chi connectivity index (χ2n) is 5.34. The molecule has 0 atom stereocenters. The first kappa shape index (κ1) is 19.8. The average molecular weight is 404 g/mol. The minimum Gasteiger partial charge on any atom is -0.495 e. The molecule has 0 spiro atoms. The maximum absolute atomic E-state index is 12.4. The molecular weight excluding hydrogens is 385 g/mol. The highest BCUT2D eigenvalue weighted by molar-refractivity contribution is 7.89. The third-order valence-corrected chi connectivity index (χ3v) is 6.21. The van der Waals surface area contributed by atoms with Crippen molar-refractivity contribution in [3.63, 3.8) is 0 Å². The van der Waals surface area contributed by atoms with Crippen molar-refractivity contribution in [3.8, 4) is 11.5 Å². The first-order valence-electron chi connectivity index (χ1n) is 7.48. The Hall–Kier alpha value is -1.47. The fourth-order valence-electron chi connectivity index (χ4n) is 2.17. The number of sulfonamides is 1. The molecule has 2 aromatic rings. The Morgan fingerprint density at radius 1 is 1.04 bits per heavy atom. The second kappa shape index (κ2) is 8.27. The van der Waals surface area contributed by atoms with E-state index in [1.54, 1.807) is 0 Å². The number of benzene rings is 2. The fourth-order valence-corrected chi connectivity index (χ4v) is 4.03. The number of methoxy groups -OCH3 is 1. The minimum absolute atomic E-state index is 0.0543. The third kappa shape index (κ3) is 4.58. The van der Waals surface area contributed by atoms with Gasteiger partial charge in [-0.1, -0.05) is 35.3 Å². The molecule has 8 heteroatoms. The first-order chi connectivity index (χ1) is 11.8. The molecule has 2 aromatic carbocycles. The Morgan fingerprint density at radius 2 is 1.76 bits per heavy atom. The van der Waals surface area contributed by atoms with Gasteiger partial charge in [0.15, 0.2) is 0 Å². The summed E-state index contributed by atoms with van der Waals surface area (Å²) < 4.78 is 37.9. The van der Waals surface area contributed by atoms with Crippen molar-refractivity contribution < 1.29 is 17.9 Å². The normalized spacial score (nSPS) is 11.4. The van der Waals surface area contributed by atoms with Crippen LogP contribution in [0.15, 0.2) is 35.2 Å². The monoisotopic (exact) mass is 403 g/mol. The zero-order valence-corrected chi connectivity index (χ0v) is 16.4. The van der Waals surface area contributed by atoms with Gasteiger partial charge in [-0.15, -0.1) is 0 Å². The van der Waals surface area contributed by atoms with Crippen molar-refractivity contribution in [2.75, 3.05) is 20.3 Å². The third-order valence-electron chi connectivity index (χ3n) is 3.73. The number of halogens is 2. The van der Waals surface area contributed by atoms with Crippen LogP contribution in [0.25, 0.3) is 0 Å². The number of rotatable bonds is 7. The Bertz CT molecular complexity index is 869. The van der Waals surface area contributed by atoms with Crippen molar-refractivity contribution in [2.45, 2.75) is 18.7 Å². The summed E-state index contributed by atoms with van der Waals surface area (Å²) in [7, 11) is -2.39. The summed E-state index contributed by atoms with van der Waals surface area (Å²) in [6, 6.07) is 8.52. The first-order valence-corrected chi connectivity index (χ1v) is 9.72. The van der Waals surface area contributed by atoms with Crippen LogP contribution in [0, 0.1) is 13.8 Å². The summed E-state index contributed by atoms with van der Waals surface area (Å²) in [4.78, 5) is -0.105. The molecule has 0 heterocycles. The molecule has 0 saturated heterocycles. The van der Waals surface area contributed by atoms with E-state index in [2.05, 4.69) is 4.72 Å². The SMILES string of the molecule is COc1ccc(S(=O)(=O)NCCOc2cccc(C)c2C)c(Cl)c1Cl. The number of hydrogen-bond donors (Lipinski definition) is 1. The number of aryl methyl sites for hydroxylation is 1. The molecule has 0 radical (unpaired) electrons. The van der Waals surface area contributed by atoms with E-state index >= 15 is 0 Å². The highest BCUT2D eigenvalue weighted by Crippen LogP contribution is 2.36. The van der Waals surface area contributed by atoms with Gasteiger partial charge < -0.3 is 9.47 Å². The van der Waals surface area contributed by atoms with Crippen molar-refractivity contribution in [1.82, 2.24) is 4.72 Å². The van der Waals surface area contributed by atoms with Crippen LogP contribution in [0.1, 0.15) is 11.1 Å². The molecule has 25 heavy (non-hydrogen) atoms. The van der Waals surface area contributed by atoms with Crippen LogP contribution >= 0.6 is 23.2 Å². The predicted octanol–water partition coefficient (Wildman–Crippen LogP) is 3.98. The molecule has 0 aromatic heterocycles. The lowest BCUT2D eigenvalue weighted by Crippen LogP contribution is -2.28. The van der Waals surface area contributed by atoms with E-state index in [1.807, 2.05) is 32.0 Å². The van der Waals surface area contributed by atoms with Crippen LogP contribution in [0.3, 0.4) is 0 Å². The Labute approximate surface area is 157 Å². The molecule has 0 fully saturated rings. The molecule has 5 nitrogen and oxygen atoms in total. The van der Waals surface area contributed by atoms with Crippen molar-refractivity contribution in [2.24, 2.45) is 0 Å². The quantitative estimate of drug-likeness (QED) is 0.710. The summed E-state index contributed by atoms with van der Waals surface area (Å²) in [6.45, 7) is 4.22. The summed E-state index contributed by atoms with van der Waals surface area (Å²) in [6.07, 6.45) is 0. The molecule has 2 rings (SSSR count). The molecule has 0 bridgehead atoms. The van der Waals surface area contributed by atoms with Gasteiger partial charge in [0.25, 0.3) is 0 Å². The van der Waals surface area contributed by atoms with E-state index in [1.165, 1.54) is 19.2 Å². The van der Waals surface area contributed by atoms with Crippen LogP contribution in [-0.4, -0.2) is 28.7 Å². The zero-order chi connectivity index (χ0) is 18.6. The lowest BCUT2D eigenvalue weighted by molar-refractivity contribution is 0.320. The lowest BCUT2D eigenvalue weighted by atomic mass is 10.1. The minimum atomic E-state index is -3.81. The predicted molar refractivity (Wildman–Crippen MR) is 99.6 cm³/mol. The van der Waals surface area contributed by atoms with Crippen LogP contribution < -0.4 is 14.2 Å². The van der Waals surface area contributed by atoms with Crippen LogP contribution in [0.4, 0.5) is 0 Å². The van der Waals surface area contributed by atoms with E-state index in [-0.39, 0.29) is 28.1 Å². The average Bonchev–Trinajstić information content (AvgIpc) is 2.57. The van der Waals surface area contributed by atoms with Crippen molar-refractivity contribution >= 4 is 33.2 Å². The van der Waals surface area contributed by atoms with Crippen LogP contribution in [-0.2, 0) is 10.0 Å². The maximum atomic E-state index is 12.4. The van der Waals surface area contributed by atoms with Crippen LogP contribution in [0.2, 0.25) is 10.0 Å². The van der Waals surface area contributed by atoms with Gasteiger partial charge in [-0.2, -0.15) is 0 Å². The van der Waals surface area contributed by atoms with E-state index in [9.17, 15) is 8.42 Å². The van der Waals surface area contributed by atoms with Crippen molar-refractivity contribution in [3.05, 3.63) is 51.5 Å². The molecular formula is C17H19Cl2NO4S. The molecule has 136 valence electrons. The van der Waals surface area contributed by atoms with E-state index in [4.69, 9.17) is 32.7 Å². The van der Waals surface area contributed by atoms with Gasteiger partial charge in [0, 0.05) is 6.54 Å². The number of ether oxygens (including phenoxy) is 2. The fraction of sp³-hybridized carbons (Fsp3) is 0.294. The van der Waals surface area contributed by atoms with E-state index < -0.39 is 10.0 Å². The summed E-state index contributed by atoms with van der Waals surface area (Å²) in [5.41, 5.74) is 2.13. The Morgan fingerprint density at radius 3 is 2.44 bits per heavy atom. The van der Waals surface area contributed by atoms with Gasteiger partial charge in [-0.3, -0.25) is 0 Å². The van der Waals surface area contributed by atoms with E-state index in [0.29, 0.717) is 5.75 Å². The summed E-state index contributed by atoms with van der Waals surface area (Å²) >= 11 is 12.1. The Kier molecular flexibility index (Phi) is 6.57. The number of nitrogens with one attached hydrogen (secondary N) is 1. The van der Waals surface area contributed by atoms with Gasteiger partial charge >= 0.3 is 0 Å². The summed E-state index contributed by atoms with van der Waals surface area (Å²) in [5, 5.41) is -0.0253. The summed E-state index contributed by atoms with van der Waals surface area (Å²) in [5.74, 6) is 1.04. The second-order valence-corrected chi connectivity index (χ2v) is 7.83. The molecule has 0 saturated carbocycles. The van der Waals surface area contributed by atoms with Gasteiger partial charge in [0.2, 0.25) is 10.0 Å². The molecule has 0 unspecified atom stereocenters. The van der Waals surface area contributed by atoms with Gasteiger partial charge in [0.1, 0.15) is 28.0 Å². The van der Waals surface area contributed by atoms with E-state index in [0.717, 1.165) is 16.9 Å². The highest BCUT2D eigenvalue weighted by Gasteiger charge is 2.21. The molecule has 0 aliphatic rings. The largest absolute Gasteiger partial charge is 0.495 e. The smallest absolute Gasteiger partial charge is 0.242 e. The molecule has 0 aliphatic carbocycles. The molecule has 1 N–H and O–H groups in total. The highest BCUT2D eigenvalue weighted by atomic mass is 35.5. The zero-order valence-electron chi connectivity index (χ0n) is 14.1. The maximum Gasteiger partial charge on any atom is 0.242 e. The standard InChI is InChI=1S/C17H19Cl2NO4S/c1-11-5-4-6-13(12(11)2)24-10-9-20-25(21,22)15-8-7-14(23-3)16(18)17(15)19/h4-8,20H,9-10H2,1-3H3. The lowest BCUT2D eigenvalue weighted by Gasteiger charge is -2.13. The van der Waals surface area contributed by atoms with Crippen LogP contribution in [0.5, 0.6) is 11.5 Å². The molecule has 0 amide bonds.